The Hall–Kier alpha value is -1.93. The molecule has 1 saturated carbocycles. The van der Waals surface area contributed by atoms with Crippen LogP contribution in [0.25, 0.3) is 10.8 Å². The summed E-state index contributed by atoms with van der Waals surface area (Å²) in [4.78, 5) is 22.3. The van der Waals surface area contributed by atoms with Gasteiger partial charge in [0.05, 0.1) is 17.3 Å². The second-order valence-electron chi connectivity index (χ2n) is 10.7. The van der Waals surface area contributed by atoms with E-state index in [2.05, 4.69) is 33.1 Å². The molecule has 0 unspecified atom stereocenters. The molecule has 0 radical (unpaired) electrons. The van der Waals surface area contributed by atoms with E-state index in [1.54, 1.807) is 6.20 Å². The van der Waals surface area contributed by atoms with Crippen LogP contribution in [-0.4, -0.2) is 73.9 Å². The fourth-order valence-corrected chi connectivity index (χ4v) is 6.41. The van der Waals surface area contributed by atoms with Gasteiger partial charge < -0.3 is 19.7 Å². The number of pyridine rings is 1. The Labute approximate surface area is 205 Å². The number of halogens is 1. The van der Waals surface area contributed by atoms with Gasteiger partial charge in [0.1, 0.15) is 5.82 Å². The second kappa shape index (κ2) is 8.63. The molecule has 1 aromatic carbocycles. The Bertz CT molecular complexity index is 1090. The first-order chi connectivity index (χ1) is 16.5. The van der Waals surface area contributed by atoms with Crippen molar-refractivity contribution >= 4 is 39.8 Å². The number of carbonyl (C=O) groups is 1. The number of nitrogens with zero attached hydrogens (tertiary/aromatic N) is 3. The topological polar surface area (TPSA) is 66.9 Å². The lowest BCUT2D eigenvalue weighted by Crippen LogP contribution is -2.56. The van der Waals surface area contributed by atoms with Crippen molar-refractivity contribution in [1.29, 1.82) is 0 Å². The number of carbonyl (C=O) groups excluding carboxylic acids is 1. The van der Waals surface area contributed by atoms with E-state index in [-0.39, 0.29) is 22.8 Å². The minimum Gasteiger partial charge on any atom is -0.381 e. The van der Waals surface area contributed by atoms with Crippen molar-refractivity contribution < 1.29 is 14.3 Å². The Kier molecular flexibility index (Phi) is 5.72. The highest BCUT2D eigenvalue weighted by Gasteiger charge is 2.58. The van der Waals surface area contributed by atoms with Crippen molar-refractivity contribution in [2.45, 2.75) is 38.1 Å². The van der Waals surface area contributed by atoms with Crippen LogP contribution in [0.2, 0.25) is 5.02 Å². The SMILES string of the molecule is C[C@]1(N2CCN(c3cc4cc(NC(=O)[C@H]5CC56CCOCC6)ncc4cc3Cl)CC2)CCOC1. The van der Waals surface area contributed by atoms with E-state index in [1.165, 1.54) is 0 Å². The normalized spacial score (nSPS) is 29.0. The minimum atomic E-state index is 0.0816. The third kappa shape index (κ3) is 4.06. The molecular formula is C26H33ClN4O3. The van der Waals surface area contributed by atoms with Crippen LogP contribution in [-0.2, 0) is 14.3 Å². The van der Waals surface area contributed by atoms with Crippen molar-refractivity contribution in [3.8, 4) is 0 Å². The zero-order valence-corrected chi connectivity index (χ0v) is 20.6. The average molecular weight is 485 g/mol. The molecule has 3 aliphatic heterocycles. The van der Waals surface area contributed by atoms with Crippen molar-refractivity contribution in [2.75, 3.05) is 62.8 Å². The van der Waals surface area contributed by atoms with Crippen molar-refractivity contribution in [1.82, 2.24) is 9.88 Å². The number of anilines is 2. The predicted octanol–water partition coefficient (Wildman–Crippen LogP) is 3.94. The lowest BCUT2D eigenvalue weighted by atomic mass is 9.93. The van der Waals surface area contributed by atoms with Crippen molar-refractivity contribution in [3.63, 3.8) is 0 Å². The molecular weight excluding hydrogens is 452 g/mol. The van der Waals surface area contributed by atoms with Crippen molar-refractivity contribution in [2.24, 2.45) is 11.3 Å². The molecule has 4 fully saturated rings. The van der Waals surface area contributed by atoms with E-state index >= 15 is 0 Å². The van der Waals surface area contributed by atoms with Crippen LogP contribution in [0.4, 0.5) is 11.5 Å². The smallest absolute Gasteiger partial charge is 0.229 e. The largest absolute Gasteiger partial charge is 0.381 e. The minimum absolute atomic E-state index is 0.0816. The molecule has 4 heterocycles. The van der Waals surface area contributed by atoms with E-state index in [0.717, 1.165) is 99.8 Å². The lowest BCUT2D eigenvalue weighted by Gasteiger charge is -2.44. The third-order valence-electron chi connectivity index (χ3n) is 8.62. The summed E-state index contributed by atoms with van der Waals surface area (Å²) in [5, 5.41) is 5.83. The zero-order valence-electron chi connectivity index (χ0n) is 19.8. The highest BCUT2D eigenvalue weighted by atomic mass is 35.5. The van der Waals surface area contributed by atoms with Gasteiger partial charge in [0.2, 0.25) is 5.91 Å². The van der Waals surface area contributed by atoms with Gasteiger partial charge in [-0.25, -0.2) is 4.98 Å². The van der Waals surface area contributed by atoms with Gasteiger partial charge in [-0.3, -0.25) is 9.69 Å². The molecule has 2 atom stereocenters. The molecule has 8 heteroatoms. The van der Waals surface area contributed by atoms with Crippen LogP contribution in [0.1, 0.15) is 32.6 Å². The average Bonchev–Trinajstić information content (AvgIpc) is 3.34. The molecule has 4 aliphatic rings. The summed E-state index contributed by atoms with van der Waals surface area (Å²) in [7, 11) is 0. The summed E-state index contributed by atoms with van der Waals surface area (Å²) in [5.74, 6) is 0.778. The predicted molar refractivity (Wildman–Crippen MR) is 134 cm³/mol. The first-order valence-electron chi connectivity index (χ1n) is 12.5. The summed E-state index contributed by atoms with van der Waals surface area (Å²) in [6, 6.07) is 6.10. The molecule has 1 aliphatic carbocycles. The number of rotatable bonds is 4. The number of ether oxygens (including phenoxy) is 2. The Morgan fingerprint density at radius 3 is 2.56 bits per heavy atom. The van der Waals surface area contributed by atoms with Crippen LogP contribution >= 0.6 is 11.6 Å². The zero-order chi connectivity index (χ0) is 23.3. The van der Waals surface area contributed by atoms with E-state index in [9.17, 15) is 4.79 Å². The molecule has 1 aromatic heterocycles. The number of amides is 1. The summed E-state index contributed by atoms with van der Waals surface area (Å²) in [6.07, 6.45) is 5.83. The number of benzene rings is 1. The fourth-order valence-electron chi connectivity index (χ4n) is 6.12. The number of fused-ring (bicyclic) bond motifs is 1. The summed E-state index contributed by atoms with van der Waals surface area (Å²) in [6.45, 7) is 9.39. The van der Waals surface area contributed by atoms with Crippen LogP contribution < -0.4 is 10.2 Å². The van der Waals surface area contributed by atoms with Gasteiger partial charge in [-0.2, -0.15) is 0 Å². The number of aromatic nitrogens is 1. The van der Waals surface area contributed by atoms with Gasteiger partial charge in [-0.15, -0.1) is 0 Å². The third-order valence-corrected chi connectivity index (χ3v) is 8.92. The summed E-state index contributed by atoms with van der Waals surface area (Å²) >= 11 is 6.70. The summed E-state index contributed by atoms with van der Waals surface area (Å²) < 4.78 is 11.1. The van der Waals surface area contributed by atoms with Crippen LogP contribution in [0.15, 0.2) is 24.4 Å². The van der Waals surface area contributed by atoms with E-state index in [0.29, 0.717) is 5.82 Å². The van der Waals surface area contributed by atoms with Crippen molar-refractivity contribution in [3.05, 3.63) is 29.4 Å². The molecule has 1 amide bonds. The summed E-state index contributed by atoms with van der Waals surface area (Å²) in [5.41, 5.74) is 1.36. The molecule has 1 N–H and O–H groups in total. The van der Waals surface area contributed by atoms with Gasteiger partial charge in [0.15, 0.2) is 0 Å². The quantitative estimate of drug-likeness (QED) is 0.709. The van der Waals surface area contributed by atoms with Crippen LogP contribution in [0, 0.1) is 11.3 Å². The Morgan fingerprint density at radius 1 is 1.06 bits per heavy atom. The molecule has 2 aromatic rings. The maximum atomic E-state index is 12.9. The molecule has 182 valence electrons. The van der Waals surface area contributed by atoms with E-state index in [4.69, 9.17) is 21.1 Å². The van der Waals surface area contributed by atoms with Gasteiger partial charge in [-0.1, -0.05) is 11.6 Å². The molecule has 0 bridgehead atoms. The molecule has 6 rings (SSSR count). The maximum Gasteiger partial charge on any atom is 0.229 e. The fraction of sp³-hybridized carbons (Fsp3) is 0.615. The highest BCUT2D eigenvalue weighted by Crippen LogP contribution is 2.59. The van der Waals surface area contributed by atoms with Crippen LogP contribution in [0.3, 0.4) is 0 Å². The number of hydrogen-bond acceptors (Lipinski definition) is 6. The molecule has 1 spiro atoms. The highest BCUT2D eigenvalue weighted by molar-refractivity contribution is 6.34. The number of nitrogens with one attached hydrogen (secondary N) is 1. The first-order valence-corrected chi connectivity index (χ1v) is 12.9. The maximum absolute atomic E-state index is 12.9. The first kappa shape index (κ1) is 22.5. The van der Waals surface area contributed by atoms with Gasteiger partial charge in [0.25, 0.3) is 0 Å². The van der Waals surface area contributed by atoms with Gasteiger partial charge >= 0.3 is 0 Å². The molecule has 3 saturated heterocycles. The molecule has 34 heavy (non-hydrogen) atoms. The van der Waals surface area contributed by atoms with E-state index < -0.39 is 0 Å². The van der Waals surface area contributed by atoms with E-state index in [1.807, 2.05) is 12.1 Å². The Morgan fingerprint density at radius 2 is 1.82 bits per heavy atom. The lowest BCUT2D eigenvalue weighted by molar-refractivity contribution is -0.118. The number of piperazine rings is 1. The van der Waals surface area contributed by atoms with Gasteiger partial charge in [-0.05, 0) is 61.6 Å². The monoisotopic (exact) mass is 484 g/mol. The number of hydrogen-bond donors (Lipinski definition) is 1. The van der Waals surface area contributed by atoms with Gasteiger partial charge in [0, 0.05) is 69.0 Å². The van der Waals surface area contributed by atoms with Crippen LogP contribution in [0.5, 0.6) is 0 Å². The molecule has 7 nitrogen and oxygen atoms in total. The second-order valence-corrected chi connectivity index (χ2v) is 11.1. The Balaban J connectivity index is 1.16. The standard InChI is InChI=1S/C26H33ClN4O3/c1-25(2-9-34-17-25)31-7-5-30(6-8-31)22-13-18-14-23(28-16-19(18)12-21(22)27)29-24(32)20-15-26(20)3-10-33-11-4-26/h12-14,16,20H,2-11,15,17H2,1H3,(H,28,29,32)/t20-,25+/m1/s1.